The van der Waals surface area contributed by atoms with Crippen molar-refractivity contribution in [2.45, 2.75) is 25.4 Å². The minimum Gasteiger partial charge on any atom is -0.459 e. The average molecular weight is 198 g/mol. The van der Waals surface area contributed by atoms with E-state index < -0.39 is 0 Å². The van der Waals surface area contributed by atoms with Crippen LogP contribution >= 0.6 is 0 Å². The van der Waals surface area contributed by atoms with Crippen LogP contribution in [-0.4, -0.2) is 41.8 Å². The molecule has 0 aliphatic carbocycles. The van der Waals surface area contributed by atoms with Crippen molar-refractivity contribution in [1.29, 1.82) is 0 Å². The van der Waals surface area contributed by atoms with Gasteiger partial charge in [-0.1, -0.05) is 0 Å². The van der Waals surface area contributed by atoms with Crippen molar-refractivity contribution in [1.82, 2.24) is 9.91 Å². The van der Waals surface area contributed by atoms with Crippen LogP contribution in [0.25, 0.3) is 0 Å². The Bertz CT molecular complexity index is 256. The Morgan fingerprint density at radius 3 is 3.07 bits per heavy atom. The Kier molecular flexibility index (Phi) is 2.43. The van der Waals surface area contributed by atoms with Gasteiger partial charge in [-0.05, 0) is 19.3 Å². The molecule has 0 aromatic rings. The second-order valence-electron chi connectivity index (χ2n) is 3.46. The molecular formula is C8H14N4O2. The summed E-state index contributed by atoms with van der Waals surface area (Å²) in [6.07, 6.45) is 4.38. The van der Waals surface area contributed by atoms with Gasteiger partial charge in [-0.2, -0.15) is 0 Å². The number of likely N-dealkylation sites (tertiary alicyclic amines) is 1. The van der Waals surface area contributed by atoms with E-state index in [1.165, 1.54) is 6.40 Å². The number of nitrogens with zero attached hydrogens (tertiary/aromatic N) is 3. The van der Waals surface area contributed by atoms with Gasteiger partial charge >= 0.3 is 6.03 Å². The van der Waals surface area contributed by atoms with E-state index in [1.807, 2.05) is 0 Å². The fourth-order valence-electron chi connectivity index (χ4n) is 1.88. The maximum absolute atomic E-state index is 11.2. The number of urea groups is 1. The van der Waals surface area contributed by atoms with Gasteiger partial charge in [-0.25, -0.2) is 9.80 Å². The number of hydrazone groups is 1. The van der Waals surface area contributed by atoms with Crippen LogP contribution in [-0.2, 0) is 4.74 Å². The Morgan fingerprint density at radius 1 is 1.57 bits per heavy atom. The van der Waals surface area contributed by atoms with Crippen LogP contribution in [0.5, 0.6) is 0 Å². The zero-order valence-electron chi connectivity index (χ0n) is 7.93. The molecule has 0 radical (unpaired) electrons. The highest BCUT2D eigenvalue weighted by molar-refractivity contribution is 5.72. The second-order valence-corrected chi connectivity index (χ2v) is 3.46. The fraction of sp³-hybridized carbons (Fsp3) is 0.750. The number of amides is 2. The van der Waals surface area contributed by atoms with E-state index in [2.05, 4.69) is 5.10 Å². The Hall–Kier alpha value is -1.46. The maximum atomic E-state index is 11.2. The van der Waals surface area contributed by atoms with Crippen LogP contribution in [0.15, 0.2) is 5.10 Å². The van der Waals surface area contributed by atoms with Crippen LogP contribution in [0.1, 0.15) is 19.3 Å². The number of primary amides is 1. The second kappa shape index (κ2) is 3.73. The van der Waals surface area contributed by atoms with Crippen LogP contribution in [0.2, 0.25) is 0 Å². The van der Waals surface area contributed by atoms with Crippen molar-refractivity contribution in [3.05, 3.63) is 0 Å². The van der Waals surface area contributed by atoms with Crippen molar-refractivity contribution >= 4 is 12.4 Å². The smallest absolute Gasteiger partial charge is 0.316 e. The summed E-state index contributed by atoms with van der Waals surface area (Å²) in [5.41, 5.74) is 5.29. The van der Waals surface area contributed by atoms with Gasteiger partial charge in [0.05, 0.1) is 0 Å². The van der Waals surface area contributed by atoms with E-state index in [4.69, 9.17) is 10.5 Å². The lowest BCUT2D eigenvalue weighted by molar-refractivity contribution is 0.0169. The topological polar surface area (TPSA) is 71.2 Å². The quantitative estimate of drug-likeness (QED) is 0.650. The van der Waals surface area contributed by atoms with E-state index in [1.54, 1.807) is 9.91 Å². The molecule has 1 saturated heterocycles. The molecule has 6 nitrogen and oxygen atoms in total. The number of carbonyl (C=O) groups excluding carboxylic acids is 1. The minimum absolute atomic E-state index is 0.0278. The number of carbonyl (C=O) groups is 1. The third kappa shape index (κ3) is 1.59. The number of rotatable bonds is 1. The van der Waals surface area contributed by atoms with E-state index >= 15 is 0 Å². The van der Waals surface area contributed by atoms with Crippen molar-refractivity contribution in [2.24, 2.45) is 10.8 Å². The summed E-state index contributed by atoms with van der Waals surface area (Å²) < 4.78 is 4.99. The van der Waals surface area contributed by atoms with Gasteiger partial charge in [0.2, 0.25) is 0 Å². The van der Waals surface area contributed by atoms with Crippen molar-refractivity contribution in [3.63, 3.8) is 0 Å². The lowest BCUT2D eigenvalue weighted by Gasteiger charge is -2.37. The molecule has 0 aromatic carbocycles. The summed E-state index contributed by atoms with van der Waals surface area (Å²) >= 11 is 0. The van der Waals surface area contributed by atoms with Gasteiger partial charge < -0.3 is 15.4 Å². The van der Waals surface area contributed by atoms with Crippen molar-refractivity contribution in [3.8, 4) is 0 Å². The predicted octanol–water partition coefficient (Wildman–Crippen LogP) is 0.110. The molecule has 2 aliphatic heterocycles. The number of hydrogen-bond acceptors (Lipinski definition) is 4. The number of nitrogens with two attached hydrogens (primary N) is 1. The maximum Gasteiger partial charge on any atom is 0.316 e. The molecule has 1 unspecified atom stereocenters. The van der Waals surface area contributed by atoms with Gasteiger partial charge in [-0.15, -0.1) is 5.10 Å². The van der Waals surface area contributed by atoms with Gasteiger partial charge in [0, 0.05) is 6.54 Å². The highest BCUT2D eigenvalue weighted by atomic mass is 16.5. The summed E-state index contributed by atoms with van der Waals surface area (Å²) in [7, 11) is 0. The lowest BCUT2D eigenvalue weighted by Crippen LogP contribution is -2.53. The van der Waals surface area contributed by atoms with E-state index in [0.29, 0.717) is 13.3 Å². The van der Waals surface area contributed by atoms with Crippen molar-refractivity contribution in [2.75, 3.05) is 13.3 Å². The van der Waals surface area contributed by atoms with Gasteiger partial charge in [0.15, 0.2) is 13.1 Å². The van der Waals surface area contributed by atoms with E-state index in [-0.39, 0.29) is 12.2 Å². The van der Waals surface area contributed by atoms with Crippen LogP contribution in [0, 0.1) is 0 Å². The Labute approximate surface area is 82.3 Å². The number of hydrogen-bond donors (Lipinski definition) is 1. The number of ether oxygens (including phenoxy) is 1. The zero-order chi connectivity index (χ0) is 9.97. The van der Waals surface area contributed by atoms with Crippen LogP contribution in [0.4, 0.5) is 4.79 Å². The van der Waals surface area contributed by atoms with E-state index in [9.17, 15) is 4.79 Å². The third-order valence-electron chi connectivity index (χ3n) is 2.58. The molecule has 2 aliphatic rings. The molecule has 1 fully saturated rings. The third-order valence-corrected chi connectivity index (χ3v) is 2.58. The van der Waals surface area contributed by atoms with Gasteiger partial charge in [0.1, 0.15) is 6.17 Å². The largest absolute Gasteiger partial charge is 0.459 e. The lowest BCUT2D eigenvalue weighted by atomic mass is 10.1. The fourth-order valence-corrected chi connectivity index (χ4v) is 1.88. The Balaban J connectivity index is 2.05. The normalized spacial score (nSPS) is 26.4. The van der Waals surface area contributed by atoms with Crippen LogP contribution < -0.4 is 5.73 Å². The Morgan fingerprint density at radius 2 is 2.43 bits per heavy atom. The predicted molar refractivity (Wildman–Crippen MR) is 50.2 cm³/mol. The zero-order valence-corrected chi connectivity index (χ0v) is 7.93. The molecule has 0 spiro atoms. The summed E-state index contributed by atoms with van der Waals surface area (Å²) in [6.45, 7) is 1.13. The summed E-state index contributed by atoms with van der Waals surface area (Å²) in [5, 5.41) is 5.78. The first-order valence-electron chi connectivity index (χ1n) is 4.76. The molecule has 2 heterocycles. The first kappa shape index (κ1) is 9.11. The van der Waals surface area contributed by atoms with E-state index in [0.717, 1.165) is 19.3 Å². The first-order valence-corrected chi connectivity index (χ1v) is 4.76. The minimum atomic E-state index is -0.378. The standard InChI is InChI=1S/C8H14N4O2/c9-8(13)11-4-2-1-3-7(11)12-6-14-5-10-12/h5,7H,1-4,6H2,(H2,9,13). The average Bonchev–Trinajstić information content (AvgIpc) is 2.70. The van der Waals surface area contributed by atoms with Gasteiger partial charge in [-0.3, -0.25) is 0 Å². The summed E-state index contributed by atoms with van der Waals surface area (Å²) in [5.74, 6) is 0. The highest BCUT2D eigenvalue weighted by Crippen LogP contribution is 2.21. The van der Waals surface area contributed by atoms with Crippen LogP contribution in [0.3, 0.4) is 0 Å². The first-order chi connectivity index (χ1) is 6.79. The SMILES string of the molecule is NC(=O)N1CCCCC1N1COC=N1. The molecule has 78 valence electrons. The molecular weight excluding hydrogens is 184 g/mol. The molecule has 0 aromatic heterocycles. The number of piperidine rings is 1. The molecule has 6 heteroatoms. The monoisotopic (exact) mass is 198 g/mol. The molecule has 2 amide bonds. The molecule has 0 bridgehead atoms. The molecule has 2 rings (SSSR count). The van der Waals surface area contributed by atoms with Gasteiger partial charge in [0.25, 0.3) is 0 Å². The highest BCUT2D eigenvalue weighted by Gasteiger charge is 2.31. The molecule has 14 heavy (non-hydrogen) atoms. The molecule has 1 atom stereocenters. The summed E-state index contributed by atoms with van der Waals surface area (Å²) in [6, 6.07) is -0.378. The molecule has 0 saturated carbocycles. The van der Waals surface area contributed by atoms with Crippen molar-refractivity contribution < 1.29 is 9.53 Å². The molecule has 2 N–H and O–H groups in total. The summed E-state index contributed by atoms with van der Waals surface area (Å²) in [4.78, 5) is 12.8.